The Bertz CT molecular complexity index is 960. The maximum atomic E-state index is 12.3. The molecule has 1 fully saturated rings. The van der Waals surface area contributed by atoms with Gasteiger partial charge in [0.1, 0.15) is 5.82 Å². The zero-order chi connectivity index (χ0) is 18.8. The zero-order valence-corrected chi connectivity index (χ0v) is 15.5. The van der Waals surface area contributed by atoms with Crippen LogP contribution in [0.1, 0.15) is 12.8 Å². The molecule has 0 atom stereocenters. The summed E-state index contributed by atoms with van der Waals surface area (Å²) in [5.74, 6) is 0.524. The van der Waals surface area contributed by atoms with E-state index in [0.29, 0.717) is 5.82 Å². The molecule has 8 heteroatoms. The molecule has 1 aliphatic heterocycles. The van der Waals surface area contributed by atoms with E-state index < -0.39 is 0 Å². The molecule has 8 nitrogen and oxygen atoms in total. The Kier molecular flexibility index (Phi) is 4.72. The molecule has 140 valence electrons. The number of piperidine rings is 1. The summed E-state index contributed by atoms with van der Waals surface area (Å²) in [7, 11) is 3.98. The second kappa shape index (κ2) is 7.32. The van der Waals surface area contributed by atoms with Crippen LogP contribution in [0.3, 0.4) is 0 Å². The van der Waals surface area contributed by atoms with Gasteiger partial charge in [-0.3, -0.25) is 15.0 Å². The van der Waals surface area contributed by atoms with Crippen molar-refractivity contribution in [3.05, 3.63) is 36.9 Å². The summed E-state index contributed by atoms with van der Waals surface area (Å²) in [5, 5.41) is 12.0. The number of pyridine rings is 2. The molecule has 3 aromatic rings. The SMILES string of the molecule is CN1CCC(NC(=O)Nc2cc3cc(-c4cnn(C)c4)ncc3cn2)CC1. The number of anilines is 1. The first-order valence-electron chi connectivity index (χ1n) is 9.08. The molecule has 4 rings (SSSR count). The molecule has 0 aliphatic carbocycles. The van der Waals surface area contributed by atoms with Crippen molar-refractivity contribution in [2.75, 3.05) is 25.5 Å². The minimum absolute atomic E-state index is 0.210. The number of carbonyl (C=O) groups is 1. The van der Waals surface area contributed by atoms with Crippen molar-refractivity contribution in [1.82, 2.24) is 30.0 Å². The molecule has 0 spiro atoms. The number of rotatable bonds is 3. The summed E-state index contributed by atoms with van der Waals surface area (Å²) in [5.41, 5.74) is 1.79. The smallest absolute Gasteiger partial charge is 0.320 e. The first-order valence-corrected chi connectivity index (χ1v) is 9.08. The molecular weight excluding hydrogens is 342 g/mol. The Morgan fingerprint density at radius 2 is 1.85 bits per heavy atom. The number of urea groups is 1. The first-order chi connectivity index (χ1) is 13.1. The summed E-state index contributed by atoms with van der Waals surface area (Å²) < 4.78 is 1.74. The molecule has 27 heavy (non-hydrogen) atoms. The van der Waals surface area contributed by atoms with E-state index >= 15 is 0 Å². The van der Waals surface area contributed by atoms with Crippen LogP contribution in [0.4, 0.5) is 10.6 Å². The van der Waals surface area contributed by atoms with Crippen molar-refractivity contribution >= 4 is 22.6 Å². The van der Waals surface area contributed by atoms with Crippen molar-refractivity contribution < 1.29 is 4.79 Å². The molecule has 0 radical (unpaired) electrons. The van der Waals surface area contributed by atoms with Gasteiger partial charge in [0.15, 0.2) is 0 Å². The number of hydrogen-bond donors (Lipinski definition) is 2. The molecule has 4 heterocycles. The van der Waals surface area contributed by atoms with Crippen molar-refractivity contribution in [2.45, 2.75) is 18.9 Å². The van der Waals surface area contributed by atoms with Crippen LogP contribution in [-0.4, -0.2) is 56.9 Å². The fraction of sp³-hybridized carbons (Fsp3) is 0.368. The van der Waals surface area contributed by atoms with Crippen LogP contribution in [-0.2, 0) is 7.05 Å². The van der Waals surface area contributed by atoms with Crippen molar-refractivity contribution in [3.8, 4) is 11.3 Å². The molecule has 3 aromatic heterocycles. The predicted octanol–water partition coefficient (Wildman–Crippen LogP) is 2.25. The largest absolute Gasteiger partial charge is 0.335 e. The summed E-state index contributed by atoms with van der Waals surface area (Å²) in [6.45, 7) is 2.01. The second-order valence-electron chi connectivity index (χ2n) is 7.06. The Labute approximate surface area is 157 Å². The van der Waals surface area contributed by atoms with Gasteiger partial charge in [0.05, 0.1) is 11.9 Å². The number of likely N-dealkylation sites (tertiary alicyclic amines) is 1. The maximum Gasteiger partial charge on any atom is 0.320 e. The van der Waals surface area contributed by atoms with E-state index in [9.17, 15) is 4.79 Å². The van der Waals surface area contributed by atoms with Gasteiger partial charge >= 0.3 is 6.03 Å². The van der Waals surface area contributed by atoms with Crippen LogP contribution >= 0.6 is 0 Å². The lowest BCUT2D eigenvalue weighted by Crippen LogP contribution is -2.44. The van der Waals surface area contributed by atoms with Gasteiger partial charge in [0.25, 0.3) is 0 Å². The van der Waals surface area contributed by atoms with Crippen LogP contribution in [0.2, 0.25) is 0 Å². The third-order valence-electron chi connectivity index (χ3n) is 4.90. The van der Waals surface area contributed by atoms with E-state index in [1.807, 2.05) is 25.4 Å². The first kappa shape index (κ1) is 17.4. The Balaban J connectivity index is 1.48. The molecular formula is C19H23N7O. The Hall–Kier alpha value is -3.00. The lowest BCUT2D eigenvalue weighted by atomic mass is 10.1. The van der Waals surface area contributed by atoms with E-state index in [-0.39, 0.29) is 12.1 Å². The standard InChI is InChI=1S/C19H23N7O/c1-25-5-3-16(4-6-25)23-19(27)24-18-8-13-7-17(15-11-22-26(2)12-15)20-9-14(13)10-21-18/h7-12,16H,3-6H2,1-2H3,(H2,21,23,24,27). The molecule has 0 bridgehead atoms. The minimum atomic E-state index is -0.210. The summed E-state index contributed by atoms with van der Waals surface area (Å²) in [6.07, 6.45) is 9.14. The van der Waals surface area contributed by atoms with Crippen LogP contribution in [0, 0.1) is 0 Å². The van der Waals surface area contributed by atoms with E-state index in [1.165, 1.54) is 0 Å². The minimum Gasteiger partial charge on any atom is -0.335 e. The lowest BCUT2D eigenvalue weighted by molar-refractivity contribution is 0.221. The van der Waals surface area contributed by atoms with Gasteiger partial charge in [-0.25, -0.2) is 9.78 Å². The van der Waals surface area contributed by atoms with Crippen LogP contribution < -0.4 is 10.6 Å². The third kappa shape index (κ3) is 4.06. The molecule has 0 saturated carbocycles. The molecule has 2 N–H and O–H groups in total. The highest BCUT2D eigenvalue weighted by Gasteiger charge is 2.18. The van der Waals surface area contributed by atoms with Crippen molar-refractivity contribution in [3.63, 3.8) is 0 Å². The Morgan fingerprint density at radius 3 is 2.59 bits per heavy atom. The number of fused-ring (bicyclic) bond motifs is 1. The quantitative estimate of drug-likeness (QED) is 0.743. The van der Waals surface area contributed by atoms with Gasteiger partial charge in [0.2, 0.25) is 0 Å². The molecule has 0 aromatic carbocycles. The van der Waals surface area contributed by atoms with Gasteiger partial charge in [-0.2, -0.15) is 5.10 Å². The number of aryl methyl sites for hydroxylation is 1. The van der Waals surface area contributed by atoms with Crippen molar-refractivity contribution in [2.24, 2.45) is 7.05 Å². The summed E-state index contributed by atoms with van der Waals surface area (Å²) in [6, 6.07) is 3.85. The number of carbonyl (C=O) groups excluding carboxylic acids is 1. The molecule has 2 amide bonds. The lowest BCUT2D eigenvalue weighted by Gasteiger charge is -2.29. The number of hydrogen-bond acceptors (Lipinski definition) is 5. The topological polar surface area (TPSA) is 88.0 Å². The van der Waals surface area contributed by atoms with Crippen LogP contribution in [0.15, 0.2) is 36.9 Å². The normalized spacial score (nSPS) is 15.8. The van der Waals surface area contributed by atoms with Gasteiger partial charge in [-0.15, -0.1) is 0 Å². The van der Waals surface area contributed by atoms with E-state index in [0.717, 1.165) is 48.0 Å². The highest BCUT2D eigenvalue weighted by Crippen LogP contribution is 2.22. The highest BCUT2D eigenvalue weighted by atomic mass is 16.2. The summed E-state index contributed by atoms with van der Waals surface area (Å²) >= 11 is 0. The summed E-state index contributed by atoms with van der Waals surface area (Å²) in [4.78, 5) is 23.4. The number of nitrogens with one attached hydrogen (secondary N) is 2. The maximum absolute atomic E-state index is 12.3. The average Bonchev–Trinajstić information content (AvgIpc) is 3.09. The van der Waals surface area contributed by atoms with Gasteiger partial charge < -0.3 is 10.2 Å². The van der Waals surface area contributed by atoms with Gasteiger partial charge in [0, 0.05) is 42.6 Å². The molecule has 0 unspecified atom stereocenters. The second-order valence-corrected chi connectivity index (χ2v) is 7.06. The van der Waals surface area contributed by atoms with E-state index in [1.54, 1.807) is 23.3 Å². The number of aromatic nitrogens is 4. The van der Waals surface area contributed by atoms with E-state index in [2.05, 4.69) is 37.6 Å². The fourth-order valence-corrected chi connectivity index (χ4v) is 3.31. The van der Waals surface area contributed by atoms with Gasteiger partial charge in [-0.05, 0) is 50.5 Å². The predicted molar refractivity (Wildman–Crippen MR) is 104 cm³/mol. The van der Waals surface area contributed by atoms with Crippen LogP contribution in [0.5, 0.6) is 0 Å². The van der Waals surface area contributed by atoms with Gasteiger partial charge in [-0.1, -0.05) is 0 Å². The fourth-order valence-electron chi connectivity index (χ4n) is 3.31. The average molecular weight is 365 g/mol. The number of nitrogens with zero attached hydrogens (tertiary/aromatic N) is 5. The zero-order valence-electron chi connectivity index (χ0n) is 15.5. The van der Waals surface area contributed by atoms with Crippen LogP contribution in [0.25, 0.3) is 22.0 Å². The third-order valence-corrected chi connectivity index (χ3v) is 4.90. The molecule has 1 aliphatic rings. The highest BCUT2D eigenvalue weighted by molar-refractivity contribution is 5.92. The van der Waals surface area contributed by atoms with Crippen molar-refractivity contribution in [1.29, 1.82) is 0 Å². The number of amides is 2. The monoisotopic (exact) mass is 365 g/mol. The molecule has 1 saturated heterocycles. The Morgan fingerprint density at radius 1 is 1.07 bits per heavy atom. The van der Waals surface area contributed by atoms with E-state index in [4.69, 9.17) is 0 Å².